The third kappa shape index (κ3) is 6.08. The molecule has 3 N–H and O–H groups in total. The van der Waals surface area contributed by atoms with Gasteiger partial charge in [0, 0.05) is 39.2 Å². The molecular weight excluding hydrogens is 414 g/mol. The number of sulfonamides is 1. The summed E-state index contributed by atoms with van der Waals surface area (Å²) >= 11 is 0.902. The number of amides is 1. The van der Waals surface area contributed by atoms with Gasteiger partial charge in [-0.3, -0.25) is 4.79 Å². The fourth-order valence-electron chi connectivity index (χ4n) is 2.97. The SMILES string of the molecule is CC(=O)Nc1ncc(S(=O)(=O)NCCNc2cc(N3CCCCC3)nc(C)n2)s1. The summed E-state index contributed by atoms with van der Waals surface area (Å²) in [6.07, 6.45) is 4.80. The van der Waals surface area contributed by atoms with E-state index in [1.165, 1.54) is 19.5 Å². The van der Waals surface area contributed by atoms with Crippen LogP contribution in [0.1, 0.15) is 32.0 Å². The number of hydrogen-bond acceptors (Lipinski definition) is 9. The van der Waals surface area contributed by atoms with E-state index in [4.69, 9.17) is 0 Å². The van der Waals surface area contributed by atoms with Crippen LogP contribution in [0.5, 0.6) is 0 Å². The number of anilines is 3. The Labute approximate surface area is 174 Å². The minimum atomic E-state index is -3.69. The van der Waals surface area contributed by atoms with Crippen LogP contribution in [0.25, 0.3) is 0 Å². The third-order valence-electron chi connectivity index (χ3n) is 4.26. The standard InChI is InChI=1S/C17H25N7O3S2/c1-12-21-14(10-15(22-12)24-8-4-3-5-9-24)18-6-7-20-29(26,27)16-11-19-17(28-16)23-13(2)25/h10-11,20H,3-9H2,1-2H3,(H,18,21,22)(H,19,23,25). The van der Waals surface area contributed by atoms with Crippen molar-refractivity contribution in [3.63, 3.8) is 0 Å². The van der Waals surface area contributed by atoms with Gasteiger partial charge in [-0.1, -0.05) is 11.3 Å². The van der Waals surface area contributed by atoms with Crippen LogP contribution in [0.15, 0.2) is 16.5 Å². The average Bonchev–Trinajstić information content (AvgIpc) is 3.14. The first-order valence-electron chi connectivity index (χ1n) is 9.41. The van der Waals surface area contributed by atoms with Crippen molar-refractivity contribution in [1.29, 1.82) is 0 Å². The first-order valence-corrected chi connectivity index (χ1v) is 11.7. The molecule has 2 aromatic rings. The van der Waals surface area contributed by atoms with E-state index in [9.17, 15) is 13.2 Å². The summed E-state index contributed by atoms with van der Waals surface area (Å²) in [5, 5.41) is 5.86. The number of aromatic nitrogens is 3. The zero-order valence-corrected chi connectivity index (χ0v) is 18.1. The summed E-state index contributed by atoms with van der Waals surface area (Å²) in [6, 6.07) is 1.90. The lowest BCUT2D eigenvalue weighted by Gasteiger charge is -2.28. The number of hydrogen-bond donors (Lipinski definition) is 3. The molecule has 1 aliphatic rings. The largest absolute Gasteiger partial charge is 0.369 e. The van der Waals surface area contributed by atoms with Gasteiger partial charge < -0.3 is 15.5 Å². The van der Waals surface area contributed by atoms with Crippen LogP contribution in [0.4, 0.5) is 16.8 Å². The van der Waals surface area contributed by atoms with Gasteiger partial charge >= 0.3 is 0 Å². The first-order chi connectivity index (χ1) is 13.8. The number of nitrogens with zero attached hydrogens (tertiary/aromatic N) is 4. The van der Waals surface area contributed by atoms with Crippen LogP contribution in [0.3, 0.4) is 0 Å². The number of carbonyl (C=O) groups is 1. The Balaban J connectivity index is 1.53. The topological polar surface area (TPSA) is 129 Å². The lowest BCUT2D eigenvalue weighted by atomic mass is 10.1. The molecule has 1 amide bonds. The maximum absolute atomic E-state index is 12.3. The molecule has 0 aliphatic carbocycles. The Morgan fingerprint density at radius 2 is 1.97 bits per heavy atom. The molecule has 0 spiro atoms. The van der Waals surface area contributed by atoms with Crippen LogP contribution in [-0.2, 0) is 14.8 Å². The van der Waals surface area contributed by atoms with E-state index in [0.717, 1.165) is 43.1 Å². The number of carbonyl (C=O) groups excluding carboxylic acids is 1. The fraction of sp³-hybridized carbons (Fsp3) is 0.529. The minimum absolute atomic E-state index is 0.0477. The molecule has 10 nitrogen and oxygen atoms in total. The highest BCUT2D eigenvalue weighted by atomic mass is 32.2. The Morgan fingerprint density at radius 1 is 1.21 bits per heavy atom. The van der Waals surface area contributed by atoms with Crippen molar-refractivity contribution in [2.75, 3.05) is 41.7 Å². The summed E-state index contributed by atoms with van der Waals surface area (Å²) in [7, 11) is -3.69. The van der Waals surface area contributed by atoms with Crippen molar-refractivity contribution in [2.45, 2.75) is 37.3 Å². The highest BCUT2D eigenvalue weighted by molar-refractivity contribution is 7.91. The minimum Gasteiger partial charge on any atom is -0.369 e. The average molecular weight is 440 g/mol. The van der Waals surface area contributed by atoms with Crippen molar-refractivity contribution < 1.29 is 13.2 Å². The lowest BCUT2D eigenvalue weighted by Crippen LogP contribution is -2.31. The molecule has 0 aromatic carbocycles. The highest BCUT2D eigenvalue weighted by Gasteiger charge is 2.18. The maximum atomic E-state index is 12.3. The molecule has 0 saturated carbocycles. The summed E-state index contributed by atoms with van der Waals surface area (Å²) in [5.74, 6) is 1.94. The van der Waals surface area contributed by atoms with Crippen molar-refractivity contribution >= 4 is 44.0 Å². The normalized spacial score (nSPS) is 14.6. The van der Waals surface area contributed by atoms with Gasteiger partial charge in [0.05, 0.1) is 6.20 Å². The van der Waals surface area contributed by atoms with Crippen molar-refractivity contribution in [3.05, 3.63) is 18.1 Å². The molecule has 0 atom stereocenters. The Bertz CT molecular complexity index is 956. The monoisotopic (exact) mass is 439 g/mol. The van der Waals surface area contributed by atoms with Crippen molar-refractivity contribution in [1.82, 2.24) is 19.7 Å². The van der Waals surface area contributed by atoms with Crippen molar-refractivity contribution in [2.24, 2.45) is 0 Å². The zero-order chi connectivity index (χ0) is 20.9. The molecule has 3 heterocycles. The molecule has 1 fully saturated rings. The summed E-state index contributed by atoms with van der Waals surface area (Å²) in [4.78, 5) is 26.1. The highest BCUT2D eigenvalue weighted by Crippen LogP contribution is 2.22. The van der Waals surface area contributed by atoms with Crippen molar-refractivity contribution in [3.8, 4) is 0 Å². The summed E-state index contributed by atoms with van der Waals surface area (Å²) < 4.78 is 27.3. The molecular formula is C17H25N7O3S2. The van der Waals surface area contributed by atoms with Gasteiger partial charge in [-0.15, -0.1) is 0 Å². The van der Waals surface area contributed by atoms with Gasteiger partial charge in [-0.25, -0.2) is 28.1 Å². The molecule has 0 bridgehead atoms. The van der Waals surface area contributed by atoms with E-state index in [2.05, 4.69) is 35.2 Å². The van der Waals surface area contributed by atoms with Gasteiger partial charge in [0.25, 0.3) is 10.0 Å². The van der Waals surface area contributed by atoms with Crippen LogP contribution in [0.2, 0.25) is 0 Å². The third-order valence-corrected chi connectivity index (χ3v) is 7.09. The Morgan fingerprint density at radius 3 is 2.69 bits per heavy atom. The number of piperidine rings is 1. The van der Waals surface area contributed by atoms with Gasteiger partial charge in [-0.2, -0.15) is 0 Å². The molecule has 0 radical (unpaired) electrons. The van der Waals surface area contributed by atoms with Gasteiger partial charge in [0.2, 0.25) is 5.91 Å². The van der Waals surface area contributed by atoms with E-state index >= 15 is 0 Å². The maximum Gasteiger partial charge on any atom is 0.251 e. The van der Waals surface area contributed by atoms with E-state index < -0.39 is 10.0 Å². The predicted molar refractivity (Wildman–Crippen MR) is 113 cm³/mol. The summed E-state index contributed by atoms with van der Waals surface area (Å²) in [6.45, 7) is 5.71. The van der Waals surface area contributed by atoms with Crippen LogP contribution < -0.4 is 20.3 Å². The van der Waals surface area contributed by atoms with E-state index in [1.807, 2.05) is 13.0 Å². The second-order valence-corrected chi connectivity index (χ2v) is 9.72. The summed E-state index contributed by atoms with van der Waals surface area (Å²) in [5.41, 5.74) is 0. The molecule has 29 heavy (non-hydrogen) atoms. The first kappa shape index (κ1) is 21.4. The molecule has 12 heteroatoms. The Kier molecular flexibility index (Phi) is 6.98. The molecule has 3 rings (SSSR count). The Hall–Kier alpha value is -2.31. The van der Waals surface area contributed by atoms with E-state index in [0.29, 0.717) is 18.2 Å². The van der Waals surface area contributed by atoms with Crippen LogP contribution in [0, 0.1) is 6.92 Å². The number of rotatable bonds is 8. The second kappa shape index (κ2) is 9.46. The number of thiazole rings is 1. The zero-order valence-electron chi connectivity index (χ0n) is 16.4. The van der Waals surface area contributed by atoms with E-state index in [1.54, 1.807) is 0 Å². The lowest BCUT2D eigenvalue weighted by molar-refractivity contribution is -0.114. The molecule has 158 valence electrons. The number of aryl methyl sites for hydroxylation is 1. The molecule has 1 aliphatic heterocycles. The van der Waals surface area contributed by atoms with Gasteiger partial charge in [0.15, 0.2) is 9.34 Å². The van der Waals surface area contributed by atoms with Crippen LogP contribution in [-0.4, -0.2) is 55.5 Å². The second-order valence-electron chi connectivity index (χ2n) is 6.70. The predicted octanol–water partition coefficient (Wildman–Crippen LogP) is 1.58. The smallest absolute Gasteiger partial charge is 0.251 e. The quantitative estimate of drug-likeness (QED) is 0.529. The van der Waals surface area contributed by atoms with Gasteiger partial charge in [-0.05, 0) is 26.2 Å². The van der Waals surface area contributed by atoms with Crippen LogP contribution >= 0.6 is 11.3 Å². The molecule has 0 unspecified atom stereocenters. The molecule has 1 saturated heterocycles. The van der Waals surface area contributed by atoms with E-state index in [-0.39, 0.29) is 21.8 Å². The van der Waals surface area contributed by atoms with Gasteiger partial charge in [0.1, 0.15) is 17.5 Å². The number of nitrogens with one attached hydrogen (secondary N) is 3. The fourth-order valence-corrected chi connectivity index (χ4v) is 5.12. The molecule has 2 aromatic heterocycles.